The van der Waals surface area contributed by atoms with Crippen LogP contribution < -0.4 is 5.32 Å². The molecule has 1 atom stereocenters. The van der Waals surface area contributed by atoms with E-state index in [0.29, 0.717) is 0 Å². The highest BCUT2D eigenvalue weighted by Crippen LogP contribution is 2.25. The Morgan fingerprint density at radius 3 is 2.45 bits per heavy atom. The molecule has 0 heterocycles. The maximum absolute atomic E-state index is 9.89. The standard InChI is InChI=1S/C17H20BrNO/c1-2-17(13-20,12-14-7-4-3-5-8-14)19-16-10-6-9-15(18)11-16/h3-11,19-20H,2,12-13H2,1H3. The molecular formula is C17H20BrNO. The fourth-order valence-corrected chi connectivity index (χ4v) is 2.72. The van der Waals surface area contributed by atoms with Crippen molar-refractivity contribution >= 4 is 21.6 Å². The lowest BCUT2D eigenvalue weighted by molar-refractivity contribution is 0.205. The normalized spacial score (nSPS) is 13.8. The van der Waals surface area contributed by atoms with Crippen molar-refractivity contribution < 1.29 is 5.11 Å². The molecule has 0 radical (unpaired) electrons. The van der Waals surface area contributed by atoms with Gasteiger partial charge < -0.3 is 10.4 Å². The molecule has 2 aromatic rings. The van der Waals surface area contributed by atoms with Crippen LogP contribution in [0.15, 0.2) is 59.1 Å². The van der Waals surface area contributed by atoms with Gasteiger partial charge in [0.1, 0.15) is 0 Å². The summed E-state index contributed by atoms with van der Waals surface area (Å²) in [5, 5.41) is 13.4. The van der Waals surface area contributed by atoms with Gasteiger partial charge in [-0.1, -0.05) is 59.3 Å². The van der Waals surface area contributed by atoms with Crippen LogP contribution >= 0.6 is 15.9 Å². The lowest BCUT2D eigenvalue weighted by Crippen LogP contribution is -2.43. The van der Waals surface area contributed by atoms with Crippen molar-refractivity contribution in [2.24, 2.45) is 0 Å². The van der Waals surface area contributed by atoms with E-state index in [4.69, 9.17) is 0 Å². The van der Waals surface area contributed by atoms with Crippen LogP contribution in [0.1, 0.15) is 18.9 Å². The number of anilines is 1. The second kappa shape index (κ2) is 6.91. The molecule has 0 fully saturated rings. The highest BCUT2D eigenvalue weighted by molar-refractivity contribution is 9.10. The number of rotatable bonds is 6. The number of halogens is 1. The first kappa shape index (κ1) is 15.1. The Balaban J connectivity index is 2.21. The van der Waals surface area contributed by atoms with E-state index in [1.54, 1.807) is 0 Å². The van der Waals surface area contributed by atoms with Gasteiger partial charge in [-0.25, -0.2) is 0 Å². The van der Waals surface area contributed by atoms with Gasteiger partial charge in [0.05, 0.1) is 12.1 Å². The molecular weight excluding hydrogens is 314 g/mol. The minimum atomic E-state index is -0.331. The number of hydrogen-bond donors (Lipinski definition) is 2. The van der Waals surface area contributed by atoms with Crippen LogP contribution in [0, 0.1) is 0 Å². The van der Waals surface area contributed by atoms with Gasteiger partial charge in [0, 0.05) is 10.2 Å². The second-order valence-corrected chi connectivity index (χ2v) is 6.01. The Morgan fingerprint density at radius 2 is 1.85 bits per heavy atom. The van der Waals surface area contributed by atoms with Gasteiger partial charge in [-0.15, -0.1) is 0 Å². The second-order valence-electron chi connectivity index (χ2n) is 5.09. The van der Waals surface area contributed by atoms with Crippen LogP contribution in [0.25, 0.3) is 0 Å². The summed E-state index contributed by atoms with van der Waals surface area (Å²) in [5.74, 6) is 0. The van der Waals surface area contributed by atoms with Gasteiger partial charge in [-0.2, -0.15) is 0 Å². The highest BCUT2D eigenvalue weighted by Gasteiger charge is 2.27. The maximum atomic E-state index is 9.89. The monoisotopic (exact) mass is 333 g/mol. The summed E-state index contributed by atoms with van der Waals surface area (Å²) in [6.07, 6.45) is 1.65. The zero-order valence-corrected chi connectivity index (χ0v) is 13.2. The van der Waals surface area contributed by atoms with Crippen molar-refractivity contribution in [3.05, 3.63) is 64.6 Å². The first-order valence-corrected chi connectivity index (χ1v) is 7.65. The summed E-state index contributed by atoms with van der Waals surface area (Å²) in [6, 6.07) is 18.3. The summed E-state index contributed by atoms with van der Waals surface area (Å²) in [6.45, 7) is 2.20. The molecule has 0 bridgehead atoms. The van der Waals surface area contributed by atoms with E-state index in [2.05, 4.69) is 40.3 Å². The third-order valence-electron chi connectivity index (χ3n) is 3.60. The molecule has 0 saturated carbocycles. The summed E-state index contributed by atoms with van der Waals surface area (Å²) < 4.78 is 1.03. The first-order valence-electron chi connectivity index (χ1n) is 6.86. The van der Waals surface area contributed by atoms with Crippen molar-refractivity contribution in [3.63, 3.8) is 0 Å². The van der Waals surface area contributed by atoms with Crippen LogP contribution in [-0.2, 0) is 6.42 Å². The zero-order valence-electron chi connectivity index (χ0n) is 11.6. The molecule has 2 aromatic carbocycles. The molecule has 20 heavy (non-hydrogen) atoms. The van der Waals surface area contributed by atoms with E-state index in [0.717, 1.165) is 23.0 Å². The van der Waals surface area contributed by atoms with E-state index in [-0.39, 0.29) is 12.1 Å². The minimum absolute atomic E-state index is 0.102. The number of benzene rings is 2. The van der Waals surface area contributed by atoms with Crippen LogP contribution in [0.5, 0.6) is 0 Å². The van der Waals surface area contributed by atoms with Gasteiger partial charge in [0.25, 0.3) is 0 Å². The molecule has 2 N–H and O–H groups in total. The van der Waals surface area contributed by atoms with E-state index in [9.17, 15) is 5.11 Å². The van der Waals surface area contributed by atoms with E-state index >= 15 is 0 Å². The van der Waals surface area contributed by atoms with Crippen molar-refractivity contribution in [3.8, 4) is 0 Å². The quantitative estimate of drug-likeness (QED) is 0.828. The third-order valence-corrected chi connectivity index (χ3v) is 4.09. The van der Waals surface area contributed by atoms with Crippen LogP contribution in [0.3, 0.4) is 0 Å². The lowest BCUT2D eigenvalue weighted by Gasteiger charge is -2.33. The molecule has 0 aliphatic carbocycles. The van der Waals surface area contributed by atoms with Gasteiger partial charge in [0.15, 0.2) is 0 Å². The molecule has 0 spiro atoms. The molecule has 2 nitrogen and oxygen atoms in total. The Labute approximate surface area is 129 Å². The average molecular weight is 334 g/mol. The van der Waals surface area contributed by atoms with E-state index < -0.39 is 0 Å². The number of aliphatic hydroxyl groups is 1. The molecule has 2 rings (SSSR count). The molecule has 106 valence electrons. The zero-order chi connectivity index (χ0) is 14.4. The van der Waals surface area contributed by atoms with Crippen molar-refractivity contribution in [1.82, 2.24) is 0 Å². The molecule has 0 saturated heterocycles. The SMILES string of the molecule is CCC(CO)(Cc1ccccc1)Nc1cccc(Br)c1. The highest BCUT2D eigenvalue weighted by atomic mass is 79.9. The van der Waals surface area contributed by atoms with Crippen LogP contribution in [-0.4, -0.2) is 17.3 Å². The van der Waals surface area contributed by atoms with Crippen molar-refractivity contribution in [1.29, 1.82) is 0 Å². The summed E-state index contributed by atoms with van der Waals surface area (Å²) >= 11 is 3.48. The Bertz CT molecular complexity index is 538. The maximum Gasteiger partial charge on any atom is 0.0664 e. The predicted molar refractivity (Wildman–Crippen MR) is 88.0 cm³/mol. The molecule has 3 heteroatoms. The molecule has 0 aliphatic heterocycles. The topological polar surface area (TPSA) is 32.3 Å². The van der Waals surface area contributed by atoms with Crippen LogP contribution in [0.2, 0.25) is 0 Å². The van der Waals surface area contributed by atoms with Crippen LogP contribution in [0.4, 0.5) is 5.69 Å². The van der Waals surface area contributed by atoms with Crippen molar-refractivity contribution in [2.75, 3.05) is 11.9 Å². The fraction of sp³-hybridized carbons (Fsp3) is 0.294. The molecule has 0 aliphatic rings. The number of nitrogens with one attached hydrogen (secondary N) is 1. The van der Waals surface area contributed by atoms with Gasteiger partial charge in [-0.3, -0.25) is 0 Å². The van der Waals surface area contributed by atoms with Gasteiger partial charge >= 0.3 is 0 Å². The lowest BCUT2D eigenvalue weighted by atomic mass is 9.88. The summed E-state index contributed by atoms with van der Waals surface area (Å²) in [5.41, 5.74) is 1.92. The van der Waals surface area contributed by atoms with Gasteiger partial charge in [0.2, 0.25) is 0 Å². The van der Waals surface area contributed by atoms with E-state index in [1.165, 1.54) is 5.56 Å². The number of hydrogen-bond acceptors (Lipinski definition) is 2. The Kier molecular flexibility index (Phi) is 5.21. The smallest absolute Gasteiger partial charge is 0.0664 e. The Hall–Kier alpha value is -1.32. The predicted octanol–water partition coefficient (Wildman–Crippen LogP) is 4.24. The molecule has 0 amide bonds. The molecule has 0 aromatic heterocycles. The van der Waals surface area contributed by atoms with Crippen molar-refractivity contribution in [2.45, 2.75) is 25.3 Å². The Morgan fingerprint density at radius 1 is 1.10 bits per heavy atom. The largest absolute Gasteiger partial charge is 0.394 e. The summed E-state index contributed by atoms with van der Waals surface area (Å²) in [7, 11) is 0. The van der Waals surface area contributed by atoms with E-state index in [1.807, 2.05) is 42.5 Å². The first-order chi connectivity index (χ1) is 9.67. The number of aliphatic hydroxyl groups excluding tert-OH is 1. The average Bonchev–Trinajstić information content (AvgIpc) is 2.47. The fourth-order valence-electron chi connectivity index (χ4n) is 2.32. The van der Waals surface area contributed by atoms with Gasteiger partial charge in [-0.05, 0) is 36.6 Å². The minimum Gasteiger partial charge on any atom is -0.394 e. The summed E-state index contributed by atoms with van der Waals surface area (Å²) in [4.78, 5) is 0. The molecule has 1 unspecified atom stereocenters. The third kappa shape index (κ3) is 3.84.